The molecule has 0 aliphatic rings. The van der Waals surface area contributed by atoms with Crippen molar-refractivity contribution in [3.8, 4) is 0 Å². The molecule has 0 saturated heterocycles. The van der Waals surface area contributed by atoms with Gasteiger partial charge in [0.1, 0.15) is 0 Å². The Balaban J connectivity index is 1.43. The number of aromatic nitrogens is 2. The number of rotatable bonds is 14. The van der Waals surface area contributed by atoms with Gasteiger partial charge in [-0.05, 0) is 60.1 Å². The van der Waals surface area contributed by atoms with Crippen LogP contribution in [0.25, 0.3) is 35.3 Å². The third kappa shape index (κ3) is 8.25. The molecule has 0 N–H and O–H groups in total. The second-order valence-electron chi connectivity index (χ2n) is 10.3. The van der Waals surface area contributed by atoms with Crippen molar-refractivity contribution < 1.29 is 0 Å². The van der Waals surface area contributed by atoms with Crippen molar-refractivity contribution in [2.24, 2.45) is 0 Å². The van der Waals surface area contributed by atoms with Crippen LogP contribution in [0.1, 0.15) is 98.6 Å². The zero-order chi connectivity index (χ0) is 26.4. The van der Waals surface area contributed by atoms with E-state index in [-0.39, 0.29) is 0 Å². The molecule has 0 atom stereocenters. The van der Waals surface area contributed by atoms with Crippen molar-refractivity contribution in [2.75, 3.05) is 0 Å². The van der Waals surface area contributed by atoms with Gasteiger partial charge in [-0.2, -0.15) is 0 Å². The molecule has 4 rings (SSSR count). The van der Waals surface area contributed by atoms with Gasteiger partial charge in [-0.15, -0.1) is 0 Å². The van der Waals surface area contributed by atoms with Crippen molar-refractivity contribution in [1.82, 2.24) is 9.97 Å². The Morgan fingerprint density at radius 3 is 1.29 bits per heavy atom. The molecule has 2 heteroatoms. The zero-order valence-electron chi connectivity index (χ0n) is 23.2. The van der Waals surface area contributed by atoms with E-state index < -0.39 is 0 Å². The van der Waals surface area contributed by atoms with Crippen molar-refractivity contribution in [1.29, 1.82) is 0 Å². The van der Waals surface area contributed by atoms with Gasteiger partial charge in [-0.1, -0.05) is 125 Å². The highest BCUT2D eigenvalue weighted by Gasteiger charge is 2.05. The lowest BCUT2D eigenvalue weighted by Gasteiger charge is -2.05. The molecule has 4 aromatic rings. The van der Waals surface area contributed by atoms with Crippen LogP contribution in [0, 0.1) is 0 Å². The largest absolute Gasteiger partial charge is 0.254 e. The monoisotopic (exact) mass is 502 g/mol. The van der Waals surface area contributed by atoms with Gasteiger partial charge in [0.15, 0.2) is 0 Å². The molecule has 0 aliphatic carbocycles. The summed E-state index contributed by atoms with van der Waals surface area (Å²) in [7, 11) is 0. The summed E-state index contributed by atoms with van der Waals surface area (Å²) < 4.78 is 0. The fourth-order valence-electron chi connectivity index (χ4n) is 4.83. The first-order valence-electron chi connectivity index (χ1n) is 14.5. The highest BCUT2D eigenvalue weighted by Crippen LogP contribution is 2.22. The number of aryl methyl sites for hydroxylation is 2. The summed E-state index contributed by atoms with van der Waals surface area (Å²) >= 11 is 0. The highest BCUT2D eigenvalue weighted by molar-refractivity contribution is 5.93. The Bertz CT molecular complexity index is 1210. The predicted molar refractivity (Wildman–Crippen MR) is 166 cm³/mol. The SMILES string of the molecule is CCCCCCc1ccc(C=Cc2ccnc3c(C=Cc4ccc(CCCCCC)cc4)ccnc23)cc1. The molecule has 2 nitrogen and oxygen atoms in total. The molecule has 0 amide bonds. The van der Waals surface area contributed by atoms with Gasteiger partial charge in [-0.25, -0.2) is 0 Å². The summed E-state index contributed by atoms with van der Waals surface area (Å²) in [5.41, 5.74) is 9.29. The van der Waals surface area contributed by atoms with Crippen molar-refractivity contribution in [3.05, 3.63) is 106 Å². The minimum atomic E-state index is 0.931. The number of hydrogen-bond donors (Lipinski definition) is 0. The summed E-state index contributed by atoms with van der Waals surface area (Å²) in [6.45, 7) is 4.52. The third-order valence-corrected chi connectivity index (χ3v) is 7.19. The Kier molecular flexibility index (Phi) is 10.9. The van der Waals surface area contributed by atoms with Crippen LogP contribution >= 0.6 is 0 Å². The van der Waals surface area contributed by atoms with E-state index >= 15 is 0 Å². The molecule has 0 spiro atoms. The molecule has 2 aromatic heterocycles. The van der Waals surface area contributed by atoms with E-state index in [4.69, 9.17) is 0 Å². The Labute approximate surface area is 229 Å². The van der Waals surface area contributed by atoms with Crippen LogP contribution in [0.5, 0.6) is 0 Å². The average Bonchev–Trinajstić information content (AvgIpc) is 2.96. The van der Waals surface area contributed by atoms with Crippen LogP contribution < -0.4 is 0 Å². The van der Waals surface area contributed by atoms with E-state index in [1.165, 1.54) is 86.5 Å². The fraction of sp³-hybridized carbons (Fsp3) is 0.333. The van der Waals surface area contributed by atoms with Crippen molar-refractivity contribution in [2.45, 2.75) is 78.1 Å². The van der Waals surface area contributed by atoms with Gasteiger partial charge in [0.25, 0.3) is 0 Å². The van der Waals surface area contributed by atoms with E-state index in [1.54, 1.807) is 0 Å². The Hall–Kier alpha value is -3.52. The predicted octanol–water partition coefficient (Wildman–Crippen LogP) is 10.2. The highest BCUT2D eigenvalue weighted by atomic mass is 14.7. The first kappa shape index (κ1) is 27.5. The maximum atomic E-state index is 4.68. The number of fused-ring (bicyclic) bond motifs is 1. The Morgan fingerprint density at radius 1 is 0.474 bits per heavy atom. The van der Waals surface area contributed by atoms with Gasteiger partial charge in [0.05, 0.1) is 11.0 Å². The first-order valence-corrected chi connectivity index (χ1v) is 14.5. The van der Waals surface area contributed by atoms with Gasteiger partial charge >= 0.3 is 0 Å². The molecule has 38 heavy (non-hydrogen) atoms. The quantitative estimate of drug-likeness (QED) is 0.160. The lowest BCUT2D eigenvalue weighted by molar-refractivity contribution is 0.667. The summed E-state index contributed by atoms with van der Waals surface area (Å²) in [6, 6.07) is 22.0. The summed E-state index contributed by atoms with van der Waals surface area (Å²) in [5.74, 6) is 0. The number of unbranched alkanes of at least 4 members (excludes halogenated alkanes) is 6. The van der Waals surface area contributed by atoms with Crippen LogP contribution in [0.2, 0.25) is 0 Å². The Morgan fingerprint density at radius 2 is 0.895 bits per heavy atom. The smallest absolute Gasteiger partial charge is 0.0965 e. The topological polar surface area (TPSA) is 25.8 Å². The van der Waals surface area contributed by atoms with Crippen LogP contribution in [0.15, 0.2) is 73.1 Å². The van der Waals surface area contributed by atoms with E-state index in [2.05, 4.69) is 96.7 Å². The number of nitrogens with zero attached hydrogens (tertiary/aromatic N) is 2. The van der Waals surface area contributed by atoms with Crippen molar-refractivity contribution >= 4 is 35.3 Å². The molecule has 0 saturated carbocycles. The molecule has 2 heterocycles. The summed E-state index contributed by atoms with van der Waals surface area (Å²) in [5, 5.41) is 0. The maximum absolute atomic E-state index is 4.68. The van der Waals surface area contributed by atoms with E-state index in [0.717, 1.165) is 22.2 Å². The number of benzene rings is 2. The van der Waals surface area contributed by atoms with Crippen LogP contribution in [0.4, 0.5) is 0 Å². The lowest BCUT2D eigenvalue weighted by Crippen LogP contribution is -1.89. The second-order valence-corrected chi connectivity index (χ2v) is 10.3. The van der Waals surface area contributed by atoms with E-state index in [9.17, 15) is 0 Å². The van der Waals surface area contributed by atoms with Crippen LogP contribution in [0.3, 0.4) is 0 Å². The molecule has 2 aromatic carbocycles. The molecule has 0 aliphatic heterocycles. The van der Waals surface area contributed by atoms with Gasteiger partial charge in [0, 0.05) is 23.5 Å². The molecule has 0 radical (unpaired) electrons. The standard InChI is InChI=1S/C36H42N2/c1-3-5-7-9-11-29-13-17-31(18-14-29)21-23-33-25-27-38-36-34(26-28-37-35(33)36)24-22-32-19-15-30(16-20-32)12-10-8-6-4-2/h13-28H,3-12H2,1-2H3. The molecule has 0 fully saturated rings. The number of pyridine rings is 2. The zero-order valence-corrected chi connectivity index (χ0v) is 23.2. The minimum absolute atomic E-state index is 0.931. The van der Waals surface area contributed by atoms with Crippen LogP contribution in [-0.4, -0.2) is 9.97 Å². The van der Waals surface area contributed by atoms with Gasteiger partial charge < -0.3 is 0 Å². The van der Waals surface area contributed by atoms with E-state index in [0.29, 0.717) is 0 Å². The molecular formula is C36H42N2. The first-order chi connectivity index (χ1) is 18.8. The second kappa shape index (κ2) is 15.0. The third-order valence-electron chi connectivity index (χ3n) is 7.19. The van der Waals surface area contributed by atoms with E-state index in [1.807, 2.05) is 24.5 Å². The molecular weight excluding hydrogens is 460 g/mol. The fourth-order valence-corrected chi connectivity index (χ4v) is 4.83. The average molecular weight is 503 g/mol. The normalized spacial score (nSPS) is 11.7. The summed E-state index contributed by atoms with van der Waals surface area (Å²) in [4.78, 5) is 9.36. The minimum Gasteiger partial charge on any atom is -0.254 e. The maximum Gasteiger partial charge on any atom is 0.0965 e. The molecule has 196 valence electrons. The van der Waals surface area contributed by atoms with Gasteiger partial charge in [0.2, 0.25) is 0 Å². The van der Waals surface area contributed by atoms with Crippen LogP contribution in [-0.2, 0) is 12.8 Å². The molecule has 0 unspecified atom stereocenters. The summed E-state index contributed by atoms with van der Waals surface area (Å²) in [6.07, 6.45) is 25.2. The van der Waals surface area contributed by atoms with Crippen molar-refractivity contribution in [3.63, 3.8) is 0 Å². The van der Waals surface area contributed by atoms with Gasteiger partial charge in [-0.3, -0.25) is 9.97 Å². The number of hydrogen-bond acceptors (Lipinski definition) is 2. The molecule has 0 bridgehead atoms. The lowest BCUT2D eigenvalue weighted by atomic mass is 10.0.